The van der Waals surface area contributed by atoms with Gasteiger partial charge in [0.1, 0.15) is 5.82 Å². The molecule has 1 aliphatic carbocycles. The number of nitrogens with one attached hydrogen (secondary N) is 1. The third-order valence-electron chi connectivity index (χ3n) is 8.16. The number of halogens is 3. The maximum atomic E-state index is 15.1. The van der Waals surface area contributed by atoms with Crippen LogP contribution in [0.4, 0.5) is 24.5 Å². The van der Waals surface area contributed by atoms with Gasteiger partial charge in [-0.15, -0.1) is 0 Å². The standard InChI is InChI=1S/C32H32F3N5O2/c1-38-8-10-40(11-9-38)30-19-32(34,35)28-18-25(5-6-27(28)30)37-31(41)24-4-7-29(33)23(17-24)3-2-22-16-26(21-36-20-22)39-12-14-42-15-13-39/h4-7,16-18,20-21,30H,8-15,19H2,1H3,(H,37,41)/t30-/m0/s1. The number of alkyl halides is 2. The van der Waals surface area contributed by atoms with Crippen LogP contribution in [-0.4, -0.2) is 80.2 Å². The van der Waals surface area contributed by atoms with Crippen LogP contribution >= 0.6 is 0 Å². The number of benzene rings is 2. The number of likely N-dealkylation sites (N-methyl/N-ethyl adjacent to an activating group) is 1. The molecule has 0 spiro atoms. The van der Waals surface area contributed by atoms with Crippen LogP contribution in [-0.2, 0) is 10.7 Å². The van der Waals surface area contributed by atoms with Gasteiger partial charge in [-0.25, -0.2) is 13.2 Å². The van der Waals surface area contributed by atoms with E-state index in [2.05, 4.69) is 36.8 Å². The Hall–Kier alpha value is -3.91. The van der Waals surface area contributed by atoms with E-state index in [0.29, 0.717) is 24.3 Å². The lowest BCUT2D eigenvalue weighted by molar-refractivity contribution is -0.0257. The van der Waals surface area contributed by atoms with E-state index in [1.807, 2.05) is 13.1 Å². The van der Waals surface area contributed by atoms with Crippen molar-refractivity contribution in [2.75, 3.05) is 69.7 Å². The van der Waals surface area contributed by atoms with E-state index in [1.165, 1.54) is 24.3 Å². The van der Waals surface area contributed by atoms with Crippen LogP contribution in [0.5, 0.6) is 0 Å². The van der Waals surface area contributed by atoms with Crippen molar-refractivity contribution < 1.29 is 22.7 Å². The number of pyridine rings is 1. The number of morpholine rings is 1. The fourth-order valence-corrected chi connectivity index (χ4v) is 5.76. The summed E-state index contributed by atoms with van der Waals surface area (Å²) in [5.74, 6) is 1.65. The zero-order valence-corrected chi connectivity index (χ0v) is 23.4. The molecule has 218 valence electrons. The summed E-state index contributed by atoms with van der Waals surface area (Å²) in [6.07, 6.45) is 3.08. The number of nitrogens with zero attached hydrogens (tertiary/aromatic N) is 4. The topological polar surface area (TPSA) is 60.9 Å². The third-order valence-corrected chi connectivity index (χ3v) is 8.16. The first-order valence-electron chi connectivity index (χ1n) is 14.1. The first kappa shape index (κ1) is 28.2. The quantitative estimate of drug-likeness (QED) is 0.463. The molecular weight excluding hydrogens is 543 g/mol. The molecule has 6 rings (SSSR count). The van der Waals surface area contributed by atoms with Crippen LogP contribution in [0.3, 0.4) is 0 Å². The van der Waals surface area contributed by atoms with Crippen LogP contribution < -0.4 is 10.2 Å². The second-order valence-corrected chi connectivity index (χ2v) is 11.0. The number of piperazine rings is 1. The summed E-state index contributed by atoms with van der Waals surface area (Å²) in [6.45, 7) is 5.94. The van der Waals surface area contributed by atoms with Crippen molar-refractivity contribution in [3.8, 4) is 11.8 Å². The predicted molar refractivity (Wildman–Crippen MR) is 154 cm³/mol. The highest BCUT2D eigenvalue weighted by Gasteiger charge is 2.47. The minimum Gasteiger partial charge on any atom is -0.378 e. The highest BCUT2D eigenvalue weighted by Crippen LogP contribution is 2.50. The number of rotatable bonds is 4. The average Bonchev–Trinajstić information content (AvgIpc) is 3.27. The van der Waals surface area contributed by atoms with Crippen LogP contribution in [0, 0.1) is 17.7 Å². The van der Waals surface area contributed by atoms with E-state index in [9.17, 15) is 9.18 Å². The van der Waals surface area contributed by atoms with Gasteiger partial charge in [-0.3, -0.25) is 14.7 Å². The van der Waals surface area contributed by atoms with Gasteiger partial charge in [-0.05, 0) is 49.0 Å². The molecule has 0 radical (unpaired) electrons. The Kier molecular flexibility index (Phi) is 7.90. The predicted octanol–water partition coefficient (Wildman–Crippen LogP) is 4.49. The van der Waals surface area contributed by atoms with Gasteiger partial charge >= 0.3 is 0 Å². The molecule has 2 fully saturated rings. The Morgan fingerprint density at radius 1 is 1.00 bits per heavy atom. The van der Waals surface area contributed by atoms with Gasteiger partial charge in [0.05, 0.1) is 30.7 Å². The zero-order chi connectivity index (χ0) is 29.3. The second kappa shape index (κ2) is 11.8. The van der Waals surface area contributed by atoms with Crippen molar-refractivity contribution >= 4 is 17.3 Å². The molecule has 1 aromatic heterocycles. The van der Waals surface area contributed by atoms with Crippen molar-refractivity contribution in [3.63, 3.8) is 0 Å². The summed E-state index contributed by atoms with van der Waals surface area (Å²) in [5.41, 5.74) is 2.56. The average molecular weight is 576 g/mol. The molecule has 0 saturated carbocycles. The Morgan fingerprint density at radius 2 is 1.79 bits per heavy atom. The summed E-state index contributed by atoms with van der Waals surface area (Å²) >= 11 is 0. The minimum atomic E-state index is -2.99. The summed E-state index contributed by atoms with van der Waals surface area (Å²) in [4.78, 5) is 23.8. The lowest BCUT2D eigenvalue weighted by Crippen LogP contribution is -2.45. The molecule has 1 N–H and O–H groups in total. The smallest absolute Gasteiger partial charge is 0.275 e. The first-order chi connectivity index (χ1) is 20.3. The maximum Gasteiger partial charge on any atom is 0.275 e. The molecule has 2 aliphatic heterocycles. The molecule has 3 aliphatic rings. The number of aromatic nitrogens is 1. The molecule has 10 heteroatoms. The number of ether oxygens (including phenoxy) is 1. The van der Waals surface area contributed by atoms with Gasteiger partial charge in [-0.1, -0.05) is 17.9 Å². The SMILES string of the molecule is CN1CCN([C@H]2CC(F)(F)c3cc(NC(=O)c4ccc(F)c(C#Cc5cncc(N6CCOCC6)c5)c4)ccc32)CC1. The zero-order valence-electron chi connectivity index (χ0n) is 23.4. The normalized spacial score (nSPS) is 20.5. The van der Waals surface area contributed by atoms with E-state index >= 15 is 8.78 Å². The summed E-state index contributed by atoms with van der Waals surface area (Å²) in [7, 11) is 2.03. The molecule has 1 amide bonds. The van der Waals surface area contributed by atoms with E-state index in [-0.39, 0.29) is 34.8 Å². The molecule has 42 heavy (non-hydrogen) atoms. The molecular formula is C32H32F3N5O2. The fourth-order valence-electron chi connectivity index (χ4n) is 5.76. The minimum absolute atomic E-state index is 0.0509. The molecule has 0 bridgehead atoms. The maximum absolute atomic E-state index is 15.1. The van der Waals surface area contributed by atoms with Crippen LogP contribution in [0.1, 0.15) is 45.1 Å². The lowest BCUT2D eigenvalue weighted by atomic mass is 10.0. The summed E-state index contributed by atoms with van der Waals surface area (Å²) in [6, 6.07) is 10.1. The van der Waals surface area contributed by atoms with E-state index in [4.69, 9.17) is 4.74 Å². The molecule has 3 aromatic rings. The second-order valence-electron chi connectivity index (χ2n) is 11.0. The molecule has 2 saturated heterocycles. The van der Waals surface area contributed by atoms with E-state index in [1.54, 1.807) is 24.5 Å². The summed E-state index contributed by atoms with van der Waals surface area (Å²) in [5, 5.41) is 2.70. The van der Waals surface area contributed by atoms with E-state index in [0.717, 1.165) is 45.0 Å². The molecule has 0 unspecified atom stereocenters. The monoisotopic (exact) mass is 575 g/mol. The third kappa shape index (κ3) is 6.00. The van der Waals surface area contributed by atoms with Crippen LogP contribution in [0.25, 0.3) is 0 Å². The highest BCUT2D eigenvalue weighted by atomic mass is 19.3. The van der Waals surface area contributed by atoms with Gasteiger partial charge in [0.2, 0.25) is 0 Å². The molecule has 7 nitrogen and oxygen atoms in total. The van der Waals surface area contributed by atoms with Gasteiger partial charge in [-0.2, -0.15) is 0 Å². The Balaban J connectivity index is 1.18. The largest absolute Gasteiger partial charge is 0.378 e. The van der Waals surface area contributed by atoms with Gasteiger partial charge in [0, 0.05) is 80.3 Å². The van der Waals surface area contributed by atoms with Crippen molar-refractivity contribution in [2.24, 2.45) is 0 Å². The number of amides is 1. The number of hydrogen-bond donors (Lipinski definition) is 1. The number of carbonyl (C=O) groups excluding carboxylic acids is 1. The van der Waals surface area contributed by atoms with Crippen molar-refractivity contribution in [1.29, 1.82) is 0 Å². The van der Waals surface area contributed by atoms with Crippen LogP contribution in [0.2, 0.25) is 0 Å². The first-order valence-corrected chi connectivity index (χ1v) is 14.1. The molecule has 3 heterocycles. The molecule has 2 aromatic carbocycles. The Bertz CT molecular complexity index is 1540. The van der Waals surface area contributed by atoms with Gasteiger partial charge in [0.25, 0.3) is 11.8 Å². The molecule has 1 atom stereocenters. The Morgan fingerprint density at radius 3 is 2.57 bits per heavy atom. The van der Waals surface area contributed by atoms with Gasteiger partial charge in [0.15, 0.2) is 0 Å². The van der Waals surface area contributed by atoms with E-state index < -0.39 is 17.6 Å². The highest BCUT2D eigenvalue weighted by molar-refractivity contribution is 6.04. The number of fused-ring (bicyclic) bond motifs is 1. The fraction of sp³-hybridized carbons (Fsp3) is 0.375. The number of anilines is 2. The van der Waals surface area contributed by atoms with Crippen molar-refractivity contribution in [1.82, 2.24) is 14.8 Å². The Labute approximate surface area is 243 Å². The summed E-state index contributed by atoms with van der Waals surface area (Å²) < 4.78 is 50.2. The lowest BCUT2D eigenvalue weighted by Gasteiger charge is -2.36. The van der Waals surface area contributed by atoms with Crippen molar-refractivity contribution in [2.45, 2.75) is 18.4 Å². The number of carbonyl (C=O) groups is 1. The van der Waals surface area contributed by atoms with Crippen LogP contribution in [0.15, 0.2) is 54.9 Å². The number of hydrogen-bond acceptors (Lipinski definition) is 6. The van der Waals surface area contributed by atoms with Crippen molar-refractivity contribution in [3.05, 3.63) is 88.5 Å². The van der Waals surface area contributed by atoms with Gasteiger partial charge < -0.3 is 19.9 Å².